The van der Waals surface area contributed by atoms with Crippen LogP contribution in [0.4, 0.5) is 0 Å². The van der Waals surface area contributed by atoms with Gasteiger partial charge in [-0.1, -0.05) is 42.5 Å². The Labute approximate surface area is 154 Å². The van der Waals surface area contributed by atoms with Crippen LogP contribution in [0.5, 0.6) is 0 Å². The van der Waals surface area contributed by atoms with Crippen LogP contribution in [0.25, 0.3) is 0 Å². The monoisotopic (exact) mass is 363 g/mol. The lowest BCUT2D eigenvalue weighted by Crippen LogP contribution is -2.36. The summed E-state index contributed by atoms with van der Waals surface area (Å²) in [6, 6.07) is 10.6. The van der Waals surface area contributed by atoms with Crippen molar-refractivity contribution in [3.63, 3.8) is 0 Å². The number of halogens is 1. The number of carbonyl (C=O) groups is 1. The molecule has 2 N–H and O–H groups in total. The van der Waals surface area contributed by atoms with Gasteiger partial charge < -0.3 is 10.6 Å². The maximum absolute atomic E-state index is 12.4. The first-order chi connectivity index (χ1) is 11.6. The molecule has 0 aliphatic carbocycles. The van der Waals surface area contributed by atoms with Gasteiger partial charge in [0.1, 0.15) is 0 Å². The minimum Gasteiger partial charge on any atom is -0.348 e. The largest absolute Gasteiger partial charge is 0.348 e. The molecule has 3 rings (SSSR count). The molecule has 0 spiro atoms. The molecule has 2 aromatic rings. The van der Waals surface area contributed by atoms with Crippen LogP contribution in [0, 0.1) is 0 Å². The van der Waals surface area contributed by atoms with Crippen molar-refractivity contribution in [3.8, 4) is 0 Å². The van der Waals surface area contributed by atoms with Crippen LogP contribution in [0.1, 0.15) is 54.7 Å². The van der Waals surface area contributed by atoms with Gasteiger partial charge in [-0.05, 0) is 38.4 Å². The molecule has 1 aliphatic rings. The Morgan fingerprint density at radius 3 is 2.60 bits per heavy atom. The van der Waals surface area contributed by atoms with E-state index < -0.39 is 0 Å². The van der Waals surface area contributed by atoms with Gasteiger partial charge in [0.2, 0.25) is 0 Å². The van der Waals surface area contributed by atoms with Gasteiger partial charge >= 0.3 is 0 Å². The summed E-state index contributed by atoms with van der Waals surface area (Å²) in [7, 11) is 0. The zero-order valence-electron chi connectivity index (χ0n) is 14.7. The van der Waals surface area contributed by atoms with E-state index in [1.54, 1.807) is 6.20 Å². The van der Waals surface area contributed by atoms with Gasteiger partial charge in [0.15, 0.2) is 5.69 Å². The van der Waals surface area contributed by atoms with Crippen LogP contribution < -0.4 is 10.6 Å². The van der Waals surface area contributed by atoms with Crippen molar-refractivity contribution >= 4 is 18.3 Å². The van der Waals surface area contributed by atoms with Crippen molar-refractivity contribution < 1.29 is 4.79 Å². The number of rotatable bonds is 5. The first-order valence-electron chi connectivity index (χ1n) is 8.63. The molecule has 2 atom stereocenters. The van der Waals surface area contributed by atoms with Crippen molar-refractivity contribution in [2.45, 2.75) is 44.7 Å². The van der Waals surface area contributed by atoms with Crippen LogP contribution in [0.3, 0.4) is 0 Å². The third-order valence-corrected chi connectivity index (χ3v) is 4.86. The average molecular weight is 364 g/mol. The lowest BCUT2D eigenvalue weighted by Gasteiger charge is -2.22. The molecule has 1 aromatic carbocycles. The van der Waals surface area contributed by atoms with Crippen LogP contribution in [-0.2, 0) is 0 Å². The molecule has 0 bridgehead atoms. The van der Waals surface area contributed by atoms with Crippen LogP contribution in [0.2, 0.25) is 0 Å². The van der Waals surface area contributed by atoms with Gasteiger partial charge in [0.25, 0.3) is 5.91 Å². The van der Waals surface area contributed by atoms with Gasteiger partial charge in [-0.25, -0.2) is 4.68 Å². The Bertz CT molecular complexity index is 669. The topological polar surface area (TPSA) is 71.8 Å². The highest BCUT2D eigenvalue weighted by atomic mass is 35.5. The molecule has 0 radical (unpaired) electrons. The lowest BCUT2D eigenvalue weighted by atomic mass is 9.94. The van der Waals surface area contributed by atoms with E-state index in [2.05, 4.69) is 40.0 Å². The Kier molecular flexibility index (Phi) is 6.96. The molecular formula is C18H26ClN5O. The summed E-state index contributed by atoms with van der Waals surface area (Å²) < 4.78 is 1.83. The first kappa shape index (κ1) is 19.4. The normalized spacial score (nSPS) is 17.4. The molecule has 2 heterocycles. The van der Waals surface area contributed by atoms with Gasteiger partial charge in [-0.2, -0.15) is 0 Å². The Balaban J connectivity index is 0.00000225. The quantitative estimate of drug-likeness (QED) is 0.856. The highest BCUT2D eigenvalue weighted by molar-refractivity contribution is 5.92. The lowest BCUT2D eigenvalue weighted by molar-refractivity contribution is 0.0930. The van der Waals surface area contributed by atoms with E-state index in [9.17, 15) is 4.79 Å². The van der Waals surface area contributed by atoms with Gasteiger partial charge in [-0.15, -0.1) is 17.5 Å². The number of nitrogens with zero attached hydrogens (tertiary/aromatic N) is 3. The molecule has 136 valence electrons. The number of carbonyl (C=O) groups excluding carboxylic acids is 1. The second-order valence-corrected chi connectivity index (χ2v) is 6.53. The maximum Gasteiger partial charge on any atom is 0.273 e. The smallest absolute Gasteiger partial charge is 0.273 e. The summed E-state index contributed by atoms with van der Waals surface area (Å²) in [4.78, 5) is 12.4. The molecule has 1 amide bonds. The minimum absolute atomic E-state index is 0. The molecule has 25 heavy (non-hydrogen) atoms. The molecule has 2 unspecified atom stereocenters. The number of hydrogen-bond donors (Lipinski definition) is 2. The molecule has 1 aromatic heterocycles. The standard InChI is InChI=1S/C18H25N5O.ClH/c1-13(15-6-4-3-5-7-15)14(2)20-18(24)17-12-23(22-21-17)16-8-10-19-11-9-16;/h3-7,12-14,16,19H,8-11H2,1-2H3,(H,20,24);1H. The van der Waals surface area contributed by atoms with E-state index >= 15 is 0 Å². The summed E-state index contributed by atoms with van der Waals surface area (Å²) in [6.07, 6.45) is 3.81. The predicted octanol–water partition coefficient (Wildman–Crippen LogP) is 2.55. The highest BCUT2D eigenvalue weighted by Gasteiger charge is 2.21. The van der Waals surface area contributed by atoms with Crippen LogP contribution in [-0.4, -0.2) is 40.0 Å². The molecular weight excluding hydrogens is 338 g/mol. The molecule has 1 aliphatic heterocycles. The second kappa shape index (κ2) is 8.97. The molecule has 6 nitrogen and oxygen atoms in total. The van der Waals surface area contributed by atoms with Gasteiger partial charge in [0, 0.05) is 12.0 Å². The van der Waals surface area contributed by atoms with E-state index in [4.69, 9.17) is 0 Å². The summed E-state index contributed by atoms with van der Waals surface area (Å²) in [5.41, 5.74) is 1.60. The van der Waals surface area contributed by atoms with Crippen molar-refractivity contribution in [2.75, 3.05) is 13.1 Å². The molecule has 1 saturated heterocycles. The number of piperidine rings is 1. The Morgan fingerprint density at radius 1 is 1.24 bits per heavy atom. The van der Waals surface area contributed by atoms with Crippen LogP contribution >= 0.6 is 12.4 Å². The number of benzene rings is 1. The third kappa shape index (κ3) is 4.80. The van der Waals surface area contributed by atoms with E-state index in [1.165, 1.54) is 5.56 Å². The Hall–Kier alpha value is -1.92. The van der Waals surface area contributed by atoms with E-state index in [1.807, 2.05) is 29.8 Å². The summed E-state index contributed by atoms with van der Waals surface area (Å²) in [5, 5.41) is 14.6. The third-order valence-electron chi connectivity index (χ3n) is 4.86. The van der Waals surface area contributed by atoms with Crippen molar-refractivity contribution in [3.05, 3.63) is 47.8 Å². The second-order valence-electron chi connectivity index (χ2n) is 6.53. The molecule has 0 saturated carbocycles. The summed E-state index contributed by atoms with van der Waals surface area (Å²) in [5.74, 6) is 0.0695. The fourth-order valence-electron chi connectivity index (χ4n) is 3.08. The van der Waals surface area contributed by atoms with E-state index in [0.29, 0.717) is 11.7 Å². The highest BCUT2D eigenvalue weighted by Crippen LogP contribution is 2.19. The maximum atomic E-state index is 12.4. The average Bonchev–Trinajstić information content (AvgIpc) is 3.13. The summed E-state index contributed by atoms with van der Waals surface area (Å²) >= 11 is 0. The predicted molar refractivity (Wildman–Crippen MR) is 100 cm³/mol. The number of hydrogen-bond acceptors (Lipinski definition) is 4. The zero-order valence-corrected chi connectivity index (χ0v) is 15.5. The number of aromatic nitrogens is 3. The summed E-state index contributed by atoms with van der Waals surface area (Å²) in [6.45, 7) is 6.11. The number of amides is 1. The van der Waals surface area contributed by atoms with Gasteiger partial charge in [-0.3, -0.25) is 4.79 Å². The fraction of sp³-hybridized carbons (Fsp3) is 0.500. The fourth-order valence-corrected chi connectivity index (χ4v) is 3.08. The Morgan fingerprint density at radius 2 is 1.92 bits per heavy atom. The molecule has 1 fully saturated rings. The molecule has 7 heteroatoms. The van der Waals surface area contributed by atoms with Crippen molar-refractivity contribution in [2.24, 2.45) is 0 Å². The van der Waals surface area contributed by atoms with Crippen molar-refractivity contribution in [1.82, 2.24) is 25.6 Å². The zero-order chi connectivity index (χ0) is 16.9. The van der Waals surface area contributed by atoms with Crippen molar-refractivity contribution in [1.29, 1.82) is 0 Å². The minimum atomic E-state index is -0.162. The first-order valence-corrected chi connectivity index (χ1v) is 8.63. The van der Waals surface area contributed by atoms with Crippen LogP contribution in [0.15, 0.2) is 36.5 Å². The number of nitrogens with one attached hydrogen (secondary N) is 2. The van der Waals surface area contributed by atoms with E-state index in [-0.39, 0.29) is 30.3 Å². The SMILES string of the molecule is CC(NC(=O)c1cn(C2CCNCC2)nn1)C(C)c1ccccc1.Cl. The van der Waals surface area contributed by atoms with E-state index in [0.717, 1.165) is 25.9 Å². The van der Waals surface area contributed by atoms with Gasteiger partial charge in [0.05, 0.1) is 12.2 Å².